The number of carbonyl (C=O) groups is 2. The number of carbonyl (C=O) groups excluding carboxylic acids is 1. The summed E-state index contributed by atoms with van der Waals surface area (Å²) < 4.78 is 4.47. The van der Waals surface area contributed by atoms with Gasteiger partial charge >= 0.3 is 11.9 Å². The summed E-state index contributed by atoms with van der Waals surface area (Å²) in [6.07, 6.45) is 2.49. The minimum atomic E-state index is -1.26. The molecule has 5 nitrogen and oxygen atoms in total. The lowest BCUT2D eigenvalue weighted by molar-refractivity contribution is -0.147. The Kier molecular flexibility index (Phi) is 7.62. The summed E-state index contributed by atoms with van der Waals surface area (Å²) >= 11 is 0. The first-order valence-corrected chi connectivity index (χ1v) is 5.05. The Bertz CT molecular complexity index is 202. The van der Waals surface area contributed by atoms with Crippen LogP contribution in [0.1, 0.15) is 38.5 Å². The van der Waals surface area contributed by atoms with E-state index >= 15 is 0 Å². The predicted molar refractivity (Wildman–Crippen MR) is 53.4 cm³/mol. The van der Waals surface area contributed by atoms with Crippen LogP contribution in [0.25, 0.3) is 0 Å². The van der Waals surface area contributed by atoms with Crippen molar-refractivity contribution < 1.29 is 24.5 Å². The number of aliphatic hydroxyl groups is 1. The third kappa shape index (κ3) is 7.93. The fourth-order valence-electron chi connectivity index (χ4n) is 1.19. The van der Waals surface area contributed by atoms with E-state index in [-0.39, 0.29) is 12.4 Å². The van der Waals surface area contributed by atoms with Crippen LogP contribution in [0.15, 0.2) is 0 Å². The Morgan fingerprint density at radius 3 is 2.33 bits per heavy atom. The highest BCUT2D eigenvalue weighted by Gasteiger charge is 2.11. The summed E-state index contributed by atoms with van der Waals surface area (Å²) in [5, 5.41) is 17.3. The van der Waals surface area contributed by atoms with Crippen molar-refractivity contribution in [1.82, 2.24) is 0 Å². The van der Waals surface area contributed by atoms with Crippen LogP contribution in [0.2, 0.25) is 0 Å². The van der Waals surface area contributed by atoms with Crippen molar-refractivity contribution >= 4 is 11.9 Å². The van der Waals surface area contributed by atoms with Crippen molar-refractivity contribution in [2.24, 2.45) is 0 Å². The quantitative estimate of drug-likeness (QED) is 0.468. The van der Waals surface area contributed by atoms with E-state index in [9.17, 15) is 9.59 Å². The fraction of sp³-hybridized carbons (Fsp3) is 0.800. The summed E-state index contributed by atoms with van der Waals surface area (Å²) in [4.78, 5) is 20.9. The number of aliphatic hydroxyl groups excluding tert-OH is 1. The van der Waals surface area contributed by atoms with Crippen LogP contribution < -0.4 is 0 Å². The molecule has 0 fully saturated rings. The third-order valence-electron chi connectivity index (χ3n) is 2.12. The average molecular weight is 218 g/mol. The van der Waals surface area contributed by atoms with Crippen molar-refractivity contribution in [3.8, 4) is 0 Å². The number of methoxy groups -OCH3 is 1. The molecule has 15 heavy (non-hydrogen) atoms. The number of hydrogen-bond acceptors (Lipinski definition) is 4. The first kappa shape index (κ1) is 13.9. The molecule has 88 valence electrons. The van der Waals surface area contributed by atoms with E-state index in [1.54, 1.807) is 0 Å². The highest BCUT2D eigenvalue weighted by atomic mass is 16.5. The molecule has 5 heteroatoms. The number of unbranched alkanes of at least 4 members (excludes halogenated alkanes) is 3. The molecule has 0 rings (SSSR count). The second-order valence-corrected chi connectivity index (χ2v) is 3.38. The molecule has 0 bridgehead atoms. The lowest BCUT2D eigenvalue weighted by atomic mass is 10.1. The fourth-order valence-corrected chi connectivity index (χ4v) is 1.19. The minimum absolute atomic E-state index is 0.222. The van der Waals surface area contributed by atoms with Crippen LogP contribution in [0, 0.1) is 0 Å². The molecule has 1 atom stereocenters. The summed E-state index contributed by atoms with van der Waals surface area (Å²) in [6, 6.07) is 0. The van der Waals surface area contributed by atoms with Crippen LogP contribution >= 0.6 is 0 Å². The molecule has 0 aromatic carbocycles. The van der Waals surface area contributed by atoms with Crippen LogP contribution in [0.5, 0.6) is 0 Å². The number of esters is 1. The SMILES string of the molecule is COC(=O)CCCCCC[C@H](O)C(=O)O. The first-order valence-electron chi connectivity index (χ1n) is 5.05. The molecule has 0 aromatic rings. The zero-order valence-corrected chi connectivity index (χ0v) is 8.94. The molecular formula is C10H18O5. The Balaban J connectivity index is 3.25. The van der Waals surface area contributed by atoms with Crippen LogP contribution in [-0.2, 0) is 14.3 Å². The van der Waals surface area contributed by atoms with Gasteiger partial charge in [0.2, 0.25) is 0 Å². The predicted octanol–water partition coefficient (Wildman–Crippen LogP) is 0.946. The van der Waals surface area contributed by atoms with Crippen LogP contribution in [0.3, 0.4) is 0 Å². The lowest BCUT2D eigenvalue weighted by Gasteiger charge is -2.04. The lowest BCUT2D eigenvalue weighted by Crippen LogP contribution is -2.18. The monoisotopic (exact) mass is 218 g/mol. The largest absolute Gasteiger partial charge is 0.479 e. The van der Waals surface area contributed by atoms with E-state index in [0.29, 0.717) is 12.8 Å². The van der Waals surface area contributed by atoms with Gasteiger partial charge in [0.25, 0.3) is 0 Å². The van der Waals surface area contributed by atoms with Crippen molar-refractivity contribution in [2.45, 2.75) is 44.6 Å². The summed E-state index contributed by atoms with van der Waals surface area (Å²) in [6.45, 7) is 0. The zero-order valence-electron chi connectivity index (χ0n) is 8.94. The molecule has 0 unspecified atom stereocenters. The van der Waals surface area contributed by atoms with Crippen molar-refractivity contribution in [1.29, 1.82) is 0 Å². The van der Waals surface area contributed by atoms with Gasteiger partial charge in [0, 0.05) is 6.42 Å². The Hall–Kier alpha value is -1.10. The van der Waals surface area contributed by atoms with E-state index in [1.165, 1.54) is 7.11 Å². The molecule has 0 aliphatic heterocycles. The molecule has 0 aromatic heterocycles. The van der Waals surface area contributed by atoms with Gasteiger partial charge in [-0.1, -0.05) is 19.3 Å². The molecule has 2 N–H and O–H groups in total. The van der Waals surface area contributed by atoms with Crippen LogP contribution in [-0.4, -0.2) is 35.4 Å². The highest BCUT2D eigenvalue weighted by molar-refractivity contribution is 5.71. The molecule has 0 radical (unpaired) electrons. The van der Waals surface area contributed by atoms with Crippen molar-refractivity contribution in [2.75, 3.05) is 7.11 Å². The molecule has 0 aliphatic carbocycles. The van der Waals surface area contributed by atoms with E-state index < -0.39 is 12.1 Å². The Morgan fingerprint density at radius 1 is 1.20 bits per heavy atom. The van der Waals surface area contributed by atoms with Gasteiger partial charge < -0.3 is 14.9 Å². The van der Waals surface area contributed by atoms with Crippen molar-refractivity contribution in [3.05, 3.63) is 0 Å². The summed E-state index contributed by atoms with van der Waals surface area (Å²) in [7, 11) is 1.35. The second kappa shape index (κ2) is 8.23. The Morgan fingerprint density at radius 2 is 1.80 bits per heavy atom. The van der Waals surface area contributed by atoms with Gasteiger partial charge in [0.15, 0.2) is 6.10 Å². The van der Waals surface area contributed by atoms with E-state index in [4.69, 9.17) is 10.2 Å². The zero-order chi connectivity index (χ0) is 11.7. The molecule has 0 saturated heterocycles. The number of carboxylic acids is 1. The summed E-state index contributed by atoms with van der Waals surface area (Å²) in [5.74, 6) is -1.40. The van der Waals surface area contributed by atoms with E-state index in [0.717, 1.165) is 19.3 Å². The molecule has 0 spiro atoms. The highest BCUT2D eigenvalue weighted by Crippen LogP contribution is 2.08. The molecule has 0 aliphatic rings. The second-order valence-electron chi connectivity index (χ2n) is 3.38. The number of ether oxygens (including phenoxy) is 1. The standard InChI is InChI=1S/C10H18O5/c1-15-9(12)7-5-3-2-4-6-8(11)10(13)14/h8,11H,2-7H2,1H3,(H,13,14)/t8-/m0/s1. The first-order chi connectivity index (χ1) is 7.07. The third-order valence-corrected chi connectivity index (χ3v) is 2.12. The Labute approximate surface area is 89.0 Å². The normalized spacial score (nSPS) is 12.1. The maximum absolute atomic E-state index is 10.7. The molecule has 0 heterocycles. The van der Waals surface area contributed by atoms with Gasteiger partial charge in [0.05, 0.1) is 7.11 Å². The number of carboxylic acid groups (broad SMARTS) is 1. The van der Waals surface area contributed by atoms with Gasteiger partial charge in [-0.15, -0.1) is 0 Å². The minimum Gasteiger partial charge on any atom is -0.479 e. The average Bonchev–Trinajstić information content (AvgIpc) is 2.22. The maximum atomic E-state index is 10.7. The van der Waals surface area contributed by atoms with Gasteiger partial charge in [-0.25, -0.2) is 4.79 Å². The van der Waals surface area contributed by atoms with Gasteiger partial charge in [-0.3, -0.25) is 4.79 Å². The van der Waals surface area contributed by atoms with Gasteiger partial charge in [0.1, 0.15) is 0 Å². The molecule has 0 amide bonds. The van der Waals surface area contributed by atoms with E-state index in [1.807, 2.05) is 0 Å². The number of hydrogen-bond donors (Lipinski definition) is 2. The van der Waals surface area contributed by atoms with E-state index in [2.05, 4.69) is 4.74 Å². The number of rotatable bonds is 8. The molecular weight excluding hydrogens is 200 g/mol. The van der Waals surface area contributed by atoms with Crippen molar-refractivity contribution in [3.63, 3.8) is 0 Å². The van der Waals surface area contributed by atoms with Gasteiger partial charge in [-0.2, -0.15) is 0 Å². The maximum Gasteiger partial charge on any atom is 0.332 e. The van der Waals surface area contributed by atoms with Gasteiger partial charge in [-0.05, 0) is 12.8 Å². The number of aliphatic carboxylic acids is 1. The van der Waals surface area contributed by atoms with Crippen LogP contribution in [0.4, 0.5) is 0 Å². The summed E-state index contributed by atoms with van der Waals surface area (Å²) in [5.41, 5.74) is 0. The smallest absolute Gasteiger partial charge is 0.332 e. The topological polar surface area (TPSA) is 83.8 Å². The molecule has 0 saturated carbocycles.